The van der Waals surface area contributed by atoms with E-state index in [1.54, 1.807) is 0 Å². The van der Waals surface area contributed by atoms with E-state index in [0.717, 1.165) is 6.42 Å². The van der Waals surface area contributed by atoms with Crippen LogP contribution in [0, 0.1) is 0 Å². The minimum Gasteiger partial charge on any atom is -0.320 e. The second-order valence-electron chi connectivity index (χ2n) is 5.33. The van der Waals surface area contributed by atoms with E-state index in [1.807, 2.05) is 7.05 Å². The summed E-state index contributed by atoms with van der Waals surface area (Å²) in [6, 6.07) is 0. The highest BCUT2D eigenvalue weighted by molar-refractivity contribution is 4.92. The van der Waals surface area contributed by atoms with Crippen molar-refractivity contribution in [3.63, 3.8) is 0 Å². The number of hydrogen-bond donors (Lipinski definition) is 1. The van der Waals surface area contributed by atoms with Crippen LogP contribution in [0.3, 0.4) is 0 Å². The molecule has 0 aliphatic rings. The van der Waals surface area contributed by atoms with Crippen molar-refractivity contribution in [2.24, 2.45) is 0 Å². The number of hydrogen-bond acceptors (Lipinski definition) is 1. The smallest absolute Gasteiger partial charge is 0.00519 e. The van der Waals surface area contributed by atoms with E-state index >= 15 is 0 Å². The van der Waals surface area contributed by atoms with Gasteiger partial charge in [-0.3, -0.25) is 0 Å². The monoisotopic (exact) mass is 265 g/mol. The fraction of sp³-hybridized carbons (Fsp3) is 0.778. The first kappa shape index (κ1) is 18.4. The summed E-state index contributed by atoms with van der Waals surface area (Å²) in [4.78, 5) is 0. The molecule has 1 heteroatoms. The Bertz CT molecular complexity index is 206. The van der Waals surface area contributed by atoms with Crippen LogP contribution in [0.25, 0.3) is 0 Å². The molecule has 0 aliphatic carbocycles. The standard InChI is InChI=1S/C18H35N/c1-3-4-5-6-7-8-9-10-11-12-13-14-15-16-17-18-19-2/h7-8,10-11,19H,3-6,9,12-18H2,1-2H3/b8-7+,11-10+. The Morgan fingerprint density at radius 2 is 1.26 bits per heavy atom. The third-order valence-corrected chi connectivity index (χ3v) is 3.38. The summed E-state index contributed by atoms with van der Waals surface area (Å²) in [7, 11) is 2.03. The van der Waals surface area contributed by atoms with Crippen LogP contribution in [0.5, 0.6) is 0 Å². The largest absolute Gasteiger partial charge is 0.320 e. The molecule has 19 heavy (non-hydrogen) atoms. The topological polar surface area (TPSA) is 12.0 Å². The quantitative estimate of drug-likeness (QED) is 0.317. The Morgan fingerprint density at radius 3 is 1.89 bits per heavy atom. The highest BCUT2D eigenvalue weighted by Crippen LogP contribution is 2.06. The minimum atomic E-state index is 1.12. The number of unbranched alkanes of at least 4 members (excludes halogenated alkanes) is 8. The van der Waals surface area contributed by atoms with Gasteiger partial charge in [0.05, 0.1) is 0 Å². The Morgan fingerprint density at radius 1 is 0.684 bits per heavy atom. The summed E-state index contributed by atoms with van der Waals surface area (Å²) in [5, 5.41) is 3.20. The third-order valence-electron chi connectivity index (χ3n) is 3.38. The molecule has 0 heterocycles. The predicted molar refractivity (Wildman–Crippen MR) is 88.7 cm³/mol. The van der Waals surface area contributed by atoms with E-state index in [9.17, 15) is 0 Å². The van der Waals surface area contributed by atoms with Crippen molar-refractivity contribution in [3.05, 3.63) is 24.3 Å². The van der Waals surface area contributed by atoms with Crippen LogP contribution in [-0.2, 0) is 0 Å². The summed E-state index contributed by atoms with van der Waals surface area (Å²) >= 11 is 0. The Hall–Kier alpha value is -0.560. The maximum Gasteiger partial charge on any atom is -0.00519 e. The predicted octanol–water partition coefficient (Wildman–Crippen LogP) is 5.63. The molecular formula is C18H35N. The summed E-state index contributed by atoms with van der Waals surface area (Å²) in [5.74, 6) is 0. The molecule has 0 bridgehead atoms. The lowest BCUT2D eigenvalue weighted by atomic mass is 10.1. The van der Waals surface area contributed by atoms with Gasteiger partial charge in [-0.2, -0.15) is 0 Å². The van der Waals surface area contributed by atoms with E-state index in [2.05, 4.69) is 36.5 Å². The van der Waals surface area contributed by atoms with Gasteiger partial charge in [-0.25, -0.2) is 0 Å². The lowest BCUT2D eigenvalue weighted by molar-refractivity contribution is 0.600. The zero-order chi connectivity index (χ0) is 14.0. The maximum atomic E-state index is 3.20. The molecule has 1 nitrogen and oxygen atoms in total. The molecule has 0 rings (SSSR count). The molecule has 0 aromatic heterocycles. The average Bonchev–Trinajstić information content (AvgIpc) is 2.43. The Labute approximate surface area is 121 Å². The molecule has 0 aromatic rings. The van der Waals surface area contributed by atoms with Crippen molar-refractivity contribution in [2.75, 3.05) is 13.6 Å². The average molecular weight is 265 g/mol. The zero-order valence-corrected chi connectivity index (χ0v) is 13.3. The zero-order valence-electron chi connectivity index (χ0n) is 13.3. The van der Waals surface area contributed by atoms with Crippen LogP contribution in [0.1, 0.15) is 77.6 Å². The van der Waals surface area contributed by atoms with Crippen LogP contribution in [0.4, 0.5) is 0 Å². The van der Waals surface area contributed by atoms with E-state index in [1.165, 1.54) is 70.8 Å². The van der Waals surface area contributed by atoms with Crippen molar-refractivity contribution < 1.29 is 0 Å². The van der Waals surface area contributed by atoms with Crippen molar-refractivity contribution in [2.45, 2.75) is 77.6 Å². The molecule has 0 aromatic carbocycles. The summed E-state index contributed by atoms with van der Waals surface area (Å²) in [6.07, 6.45) is 23.8. The number of rotatable bonds is 14. The first-order valence-corrected chi connectivity index (χ1v) is 8.36. The highest BCUT2D eigenvalue weighted by atomic mass is 14.8. The lowest BCUT2D eigenvalue weighted by Gasteiger charge is -1.99. The van der Waals surface area contributed by atoms with E-state index in [-0.39, 0.29) is 0 Å². The van der Waals surface area contributed by atoms with Gasteiger partial charge in [0.1, 0.15) is 0 Å². The van der Waals surface area contributed by atoms with Crippen LogP contribution in [0.15, 0.2) is 24.3 Å². The van der Waals surface area contributed by atoms with Gasteiger partial charge in [0.25, 0.3) is 0 Å². The van der Waals surface area contributed by atoms with Crippen LogP contribution >= 0.6 is 0 Å². The summed E-state index contributed by atoms with van der Waals surface area (Å²) in [5.41, 5.74) is 0. The number of nitrogens with one attached hydrogen (secondary N) is 1. The maximum absolute atomic E-state index is 3.20. The van der Waals surface area contributed by atoms with Gasteiger partial charge < -0.3 is 5.32 Å². The first-order valence-electron chi connectivity index (χ1n) is 8.36. The molecule has 1 N–H and O–H groups in total. The number of allylic oxidation sites excluding steroid dienone is 4. The Kier molecular flexibility index (Phi) is 16.9. The van der Waals surface area contributed by atoms with E-state index in [0.29, 0.717) is 0 Å². The van der Waals surface area contributed by atoms with Crippen molar-refractivity contribution in [1.29, 1.82) is 0 Å². The van der Waals surface area contributed by atoms with Crippen LogP contribution in [-0.4, -0.2) is 13.6 Å². The van der Waals surface area contributed by atoms with Gasteiger partial charge in [0.15, 0.2) is 0 Å². The lowest BCUT2D eigenvalue weighted by Crippen LogP contribution is -2.06. The second-order valence-corrected chi connectivity index (χ2v) is 5.33. The SMILES string of the molecule is CCCCC/C=C/C/C=C/CCCCCCCNC. The molecular weight excluding hydrogens is 230 g/mol. The van der Waals surface area contributed by atoms with Crippen LogP contribution in [0.2, 0.25) is 0 Å². The molecule has 0 radical (unpaired) electrons. The molecule has 0 atom stereocenters. The minimum absolute atomic E-state index is 1.12. The van der Waals surface area contributed by atoms with Crippen LogP contribution < -0.4 is 5.32 Å². The summed E-state index contributed by atoms with van der Waals surface area (Å²) < 4.78 is 0. The van der Waals surface area contributed by atoms with E-state index < -0.39 is 0 Å². The van der Waals surface area contributed by atoms with Gasteiger partial charge in [-0.1, -0.05) is 63.3 Å². The van der Waals surface area contributed by atoms with Gasteiger partial charge in [-0.15, -0.1) is 0 Å². The fourth-order valence-corrected chi connectivity index (χ4v) is 2.11. The Balaban J connectivity index is 3.12. The third kappa shape index (κ3) is 17.4. The molecule has 0 amide bonds. The second kappa shape index (κ2) is 17.4. The first-order chi connectivity index (χ1) is 9.41. The molecule has 0 spiro atoms. The molecule has 0 unspecified atom stereocenters. The molecule has 0 fully saturated rings. The van der Waals surface area contributed by atoms with Gasteiger partial charge in [-0.05, 0) is 52.1 Å². The van der Waals surface area contributed by atoms with Gasteiger partial charge in [0, 0.05) is 0 Å². The van der Waals surface area contributed by atoms with Crippen molar-refractivity contribution in [1.82, 2.24) is 5.32 Å². The molecule has 112 valence electrons. The summed E-state index contributed by atoms with van der Waals surface area (Å²) in [6.45, 7) is 3.43. The fourth-order valence-electron chi connectivity index (χ4n) is 2.11. The van der Waals surface area contributed by atoms with Gasteiger partial charge in [0.2, 0.25) is 0 Å². The van der Waals surface area contributed by atoms with Gasteiger partial charge >= 0.3 is 0 Å². The molecule has 0 saturated heterocycles. The van der Waals surface area contributed by atoms with E-state index in [4.69, 9.17) is 0 Å². The van der Waals surface area contributed by atoms with Crippen molar-refractivity contribution >= 4 is 0 Å². The molecule has 0 saturated carbocycles. The molecule has 0 aliphatic heterocycles. The van der Waals surface area contributed by atoms with Crippen molar-refractivity contribution in [3.8, 4) is 0 Å². The highest BCUT2D eigenvalue weighted by Gasteiger charge is 1.88. The normalized spacial score (nSPS) is 11.9.